The SMILES string of the molecule is Oc1ccc2nnc(-c3ccc(Br)o3)n2c1. The summed E-state index contributed by atoms with van der Waals surface area (Å²) in [5.74, 6) is 1.29. The van der Waals surface area contributed by atoms with E-state index < -0.39 is 0 Å². The van der Waals surface area contributed by atoms with E-state index in [9.17, 15) is 5.11 Å². The van der Waals surface area contributed by atoms with E-state index in [1.807, 2.05) is 0 Å². The van der Waals surface area contributed by atoms with Crippen molar-refractivity contribution in [2.45, 2.75) is 0 Å². The van der Waals surface area contributed by atoms with Gasteiger partial charge < -0.3 is 9.52 Å². The fourth-order valence-electron chi connectivity index (χ4n) is 1.48. The summed E-state index contributed by atoms with van der Waals surface area (Å²) in [6.07, 6.45) is 1.54. The van der Waals surface area contributed by atoms with Crippen molar-refractivity contribution in [2.75, 3.05) is 0 Å². The molecular formula is C10H6BrN3O2. The first-order valence-electron chi connectivity index (χ1n) is 4.53. The first-order chi connectivity index (χ1) is 7.74. The van der Waals surface area contributed by atoms with Crippen LogP contribution >= 0.6 is 15.9 Å². The Morgan fingerprint density at radius 1 is 1.19 bits per heavy atom. The molecule has 0 aromatic carbocycles. The standard InChI is InChI=1S/C10H6BrN3O2/c11-8-3-2-7(16-8)10-13-12-9-4-1-6(15)5-14(9)10/h1-5,15H. The molecule has 3 rings (SSSR count). The van der Waals surface area contributed by atoms with Crippen molar-refractivity contribution in [3.63, 3.8) is 0 Å². The molecule has 6 heteroatoms. The molecule has 0 spiro atoms. The number of aromatic nitrogens is 3. The number of halogens is 1. The maximum absolute atomic E-state index is 9.41. The molecule has 0 amide bonds. The van der Waals surface area contributed by atoms with Gasteiger partial charge in [0.1, 0.15) is 5.75 Å². The number of furan rings is 1. The van der Waals surface area contributed by atoms with E-state index in [4.69, 9.17) is 4.42 Å². The van der Waals surface area contributed by atoms with Crippen LogP contribution in [0.2, 0.25) is 0 Å². The normalized spacial score (nSPS) is 11.1. The molecule has 0 fully saturated rings. The fourth-order valence-corrected chi connectivity index (χ4v) is 1.79. The summed E-state index contributed by atoms with van der Waals surface area (Å²) in [7, 11) is 0. The minimum atomic E-state index is 0.152. The van der Waals surface area contributed by atoms with E-state index in [0.29, 0.717) is 21.9 Å². The molecule has 0 saturated carbocycles. The Balaban J connectivity index is 2.27. The van der Waals surface area contributed by atoms with Crippen LogP contribution in [-0.4, -0.2) is 19.7 Å². The average molecular weight is 280 g/mol. The van der Waals surface area contributed by atoms with Crippen molar-refractivity contribution >= 4 is 21.6 Å². The summed E-state index contributed by atoms with van der Waals surface area (Å²) in [6.45, 7) is 0. The number of nitrogens with zero attached hydrogens (tertiary/aromatic N) is 3. The van der Waals surface area contributed by atoms with Gasteiger partial charge in [-0.15, -0.1) is 10.2 Å². The first kappa shape index (κ1) is 9.41. The average Bonchev–Trinajstić information content (AvgIpc) is 2.83. The van der Waals surface area contributed by atoms with Crippen molar-refractivity contribution in [1.29, 1.82) is 0 Å². The van der Waals surface area contributed by atoms with E-state index in [-0.39, 0.29) is 5.75 Å². The van der Waals surface area contributed by atoms with Crippen LogP contribution < -0.4 is 0 Å². The minimum Gasteiger partial charge on any atom is -0.506 e. The van der Waals surface area contributed by atoms with Crippen LogP contribution in [0.3, 0.4) is 0 Å². The molecule has 16 heavy (non-hydrogen) atoms. The highest BCUT2D eigenvalue weighted by molar-refractivity contribution is 9.10. The van der Waals surface area contributed by atoms with E-state index in [0.717, 1.165) is 0 Å². The molecule has 0 atom stereocenters. The monoisotopic (exact) mass is 279 g/mol. The Bertz CT molecular complexity index is 659. The van der Waals surface area contributed by atoms with E-state index >= 15 is 0 Å². The lowest BCUT2D eigenvalue weighted by Gasteiger charge is -1.96. The smallest absolute Gasteiger partial charge is 0.204 e. The predicted molar refractivity (Wildman–Crippen MR) is 60.1 cm³/mol. The third kappa shape index (κ3) is 1.38. The number of rotatable bonds is 1. The second kappa shape index (κ2) is 3.34. The third-order valence-electron chi connectivity index (χ3n) is 2.18. The molecule has 80 valence electrons. The van der Waals surface area contributed by atoms with Gasteiger partial charge in [-0.2, -0.15) is 0 Å². The Morgan fingerprint density at radius 2 is 2.06 bits per heavy atom. The lowest BCUT2D eigenvalue weighted by molar-refractivity contribution is 0.472. The van der Waals surface area contributed by atoms with Crippen molar-refractivity contribution in [3.8, 4) is 17.3 Å². The summed E-state index contributed by atoms with van der Waals surface area (Å²) < 4.78 is 7.68. The van der Waals surface area contributed by atoms with Crippen molar-refractivity contribution in [2.24, 2.45) is 0 Å². The summed E-state index contributed by atoms with van der Waals surface area (Å²) in [6, 6.07) is 6.81. The third-order valence-corrected chi connectivity index (χ3v) is 2.61. The molecule has 3 aromatic heterocycles. The highest BCUT2D eigenvalue weighted by atomic mass is 79.9. The second-order valence-corrected chi connectivity index (χ2v) is 4.02. The van der Waals surface area contributed by atoms with Gasteiger partial charge in [0.15, 0.2) is 16.1 Å². The number of pyridine rings is 1. The molecule has 0 radical (unpaired) electrons. The highest BCUT2D eigenvalue weighted by Crippen LogP contribution is 2.24. The van der Waals surface area contributed by atoms with Crippen LogP contribution in [0.25, 0.3) is 17.2 Å². The summed E-state index contributed by atoms with van der Waals surface area (Å²) in [5.41, 5.74) is 0.653. The van der Waals surface area contributed by atoms with Gasteiger partial charge >= 0.3 is 0 Å². The van der Waals surface area contributed by atoms with Gasteiger partial charge in [-0.1, -0.05) is 0 Å². The Kier molecular flexibility index (Phi) is 1.97. The zero-order valence-corrected chi connectivity index (χ0v) is 9.55. The van der Waals surface area contributed by atoms with E-state index in [1.165, 1.54) is 0 Å². The largest absolute Gasteiger partial charge is 0.506 e. The molecule has 3 aromatic rings. The fraction of sp³-hybridized carbons (Fsp3) is 0. The van der Waals surface area contributed by atoms with Crippen LogP contribution in [0, 0.1) is 0 Å². The van der Waals surface area contributed by atoms with Crippen molar-refractivity contribution in [1.82, 2.24) is 14.6 Å². The molecule has 0 aliphatic carbocycles. The van der Waals surface area contributed by atoms with Crippen molar-refractivity contribution < 1.29 is 9.52 Å². The molecule has 5 nitrogen and oxygen atoms in total. The maximum atomic E-state index is 9.41. The van der Waals surface area contributed by atoms with Crippen LogP contribution in [0.15, 0.2) is 39.5 Å². The summed E-state index contributed by atoms with van der Waals surface area (Å²) in [5, 5.41) is 17.4. The first-order valence-corrected chi connectivity index (χ1v) is 5.33. The van der Waals surface area contributed by atoms with Gasteiger partial charge in [0.2, 0.25) is 5.82 Å². The molecule has 0 aliphatic heterocycles. The molecule has 3 heterocycles. The van der Waals surface area contributed by atoms with Crippen LogP contribution in [-0.2, 0) is 0 Å². The van der Waals surface area contributed by atoms with Crippen LogP contribution in [0.1, 0.15) is 0 Å². The second-order valence-electron chi connectivity index (χ2n) is 3.24. The van der Waals surface area contributed by atoms with Gasteiger partial charge in [0.25, 0.3) is 0 Å². The van der Waals surface area contributed by atoms with Gasteiger partial charge in [-0.3, -0.25) is 4.40 Å². The zero-order valence-electron chi connectivity index (χ0n) is 7.96. The maximum Gasteiger partial charge on any atom is 0.204 e. The van der Waals surface area contributed by atoms with Gasteiger partial charge in [-0.25, -0.2) is 0 Å². The van der Waals surface area contributed by atoms with E-state index in [1.54, 1.807) is 34.9 Å². The summed E-state index contributed by atoms with van der Waals surface area (Å²) >= 11 is 3.22. The van der Waals surface area contributed by atoms with Gasteiger partial charge in [-0.05, 0) is 40.2 Å². The molecule has 1 N–H and O–H groups in total. The lowest BCUT2D eigenvalue weighted by atomic mass is 10.4. The minimum absolute atomic E-state index is 0.152. The van der Waals surface area contributed by atoms with Gasteiger partial charge in [0, 0.05) is 0 Å². The predicted octanol–water partition coefficient (Wildman–Crippen LogP) is 2.46. The number of hydrogen-bond acceptors (Lipinski definition) is 4. The van der Waals surface area contributed by atoms with Gasteiger partial charge in [0.05, 0.1) is 6.20 Å². The molecule has 0 aliphatic rings. The van der Waals surface area contributed by atoms with Crippen LogP contribution in [0.5, 0.6) is 5.75 Å². The molecule has 0 saturated heterocycles. The lowest BCUT2D eigenvalue weighted by Crippen LogP contribution is -1.87. The Morgan fingerprint density at radius 3 is 2.81 bits per heavy atom. The van der Waals surface area contributed by atoms with E-state index in [2.05, 4.69) is 26.1 Å². The summed E-state index contributed by atoms with van der Waals surface area (Å²) in [4.78, 5) is 0. The number of fused-ring (bicyclic) bond motifs is 1. The number of aromatic hydroxyl groups is 1. The topological polar surface area (TPSA) is 63.6 Å². The molecular weight excluding hydrogens is 274 g/mol. The highest BCUT2D eigenvalue weighted by Gasteiger charge is 2.11. The molecule has 0 bridgehead atoms. The zero-order chi connectivity index (χ0) is 11.1. The quantitative estimate of drug-likeness (QED) is 0.743. The van der Waals surface area contributed by atoms with Crippen LogP contribution in [0.4, 0.5) is 0 Å². The Labute approximate surface area is 98.5 Å². The Hall–Kier alpha value is -1.82. The van der Waals surface area contributed by atoms with Crippen molar-refractivity contribution in [3.05, 3.63) is 35.1 Å². The molecule has 0 unspecified atom stereocenters. The number of hydrogen-bond donors (Lipinski definition) is 1.